The number of thioether (sulfide) groups is 1. The topological polar surface area (TPSA) is 56.8 Å². The first-order valence-corrected chi connectivity index (χ1v) is 10.8. The molecule has 0 unspecified atom stereocenters. The second-order valence-electron chi connectivity index (χ2n) is 6.65. The Hall–Kier alpha value is -2.18. The zero-order valence-electron chi connectivity index (χ0n) is 17.7. The van der Waals surface area contributed by atoms with E-state index in [1.807, 2.05) is 43.0 Å². The van der Waals surface area contributed by atoms with E-state index in [0.717, 1.165) is 30.8 Å². The SMILES string of the molecule is CCOC(=O)COc1ccc(S[C@H](CC)CNCc2ccc(OC)cc2)cc1C. The van der Waals surface area contributed by atoms with Gasteiger partial charge in [0.2, 0.25) is 0 Å². The van der Waals surface area contributed by atoms with E-state index < -0.39 is 0 Å². The largest absolute Gasteiger partial charge is 0.497 e. The Morgan fingerprint density at radius 2 is 1.90 bits per heavy atom. The molecule has 1 atom stereocenters. The van der Waals surface area contributed by atoms with Crippen molar-refractivity contribution >= 4 is 17.7 Å². The molecule has 0 aliphatic heterocycles. The van der Waals surface area contributed by atoms with Crippen LogP contribution >= 0.6 is 11.8 Å². The van der Waals surface area contributed by atoms with Gasteiger partial charge in [0.1, 0.15) is 11.5 Å². The van der Waals surface area contributed by atoms with E-state index in [2.05, 4.69) is 30.4 Å². The maximum absolute atomic E-state index is 11.4. The Labute approximate surface area is 178 Å². The maximum Gasteiger partial charge on any atom is 0.344 e. The number of esters is 1. The van der Waals surface area contributed by atoms with E-state index in [1.54, 1.807) is 14.0 Å². The Bertz CT molecular complexity index is 764. The zero-order chi connectivity index (χ0) is 21.1. The van der Waals surface area contributed by atoms with Crippen LogP contribution in [0.25, 0.3) is 0 Å². The summed E-state index contributed by atoms with van der Waals surface area (Å²) >= 11 is 1.86. The molecule has 2 aromatic carbocycles. The van der Waals surface area contributed by atoms with Gasteiger partial charge < -0.3 is 19.5 Å². The highest BCUT2D eigenvalue weighted by atomic mass is 32.2. The van der Waals surface area contributed by atoms with Crippen molar-refractivity contribution in [1.82, 2.24) is 5.32 Å². The molecule has 0 amide bonds. The van der Waals surface area contributed by atoms with Gasteiger partial charge in [0.15, 0.2) is 6.61 Å². The molecule has 0 saturated heterocycles. The highest BCUT2D eigenvalue weighted by molar-refractivity contribution is 8.00. The highest BCUT2D eigenvalue weighted by Gasteiger charge is 2.11. The van der Waals surface area contributed by atoms with Crippen LogP contribution in [0.4, 0.5) is 0 Å². The molecule has 1 N–H and O–H groups in total. The Balaban J connectivity index is 1.82. The van der Waals surface area contributed by atoms with Gasteiger partial charge in [-0.3, -0.25) is 0 Å². The molecule has 5 nitrogen and oxygen atoms in total. The van der Waals surface area contributed by atoms with Crippen LogP contribution in [-0.2, 0) is 16.1 Å². The van der Waals surface area contributed by atoms with Gasteiger partial charge in [0.25, 0.3) is 0 Å². The number of rotatable bonds is 12. The van der Waals surface area contributed by atoms with Gasteiger partial charge in [-0.05, 0) is 61.7 Å². The molecule has 0 bridgehead atoms. The maximum atomic E-state index is 11.4. The Morgan fingerprint density at radius 3 is 2.52 bits per heavy atom. The van der Waals surface area contributed by atoms with Crippen LogP contribution in [0.1, 0.15) is 31.4 Å². The third-order valence-corrected chi connectivity index (χ3v) is 5.77. The van der Waals surface area contributed by atoms with Crippen LogP contribution in [0.3, 0.4) is 0 Å². The number of carbonyl (C=O) groups is 1. The highest BCUT2D eigenvalue weighted by Crippen LogP contribution is 2.29. The fourth-order valence-electron chi connectivity index (χ4n) is 2.78. The molecule has 0 fully saturated rings. The number of carbonyl (C=O) groups excluding carboxylic acids is 1. The lowest BCUT2D eigenvalue weighted by Crippen LogP contribution is -2.23. The minimum Gasteiger partial charge on any atom is -0.497 e. The summed E-state index contributed by atoms with van der Waals surface area (Å²) in [5, 5.41) is 4.01. The normalized spacial score (nSPS) is 11.7. The summed E-state index contributed by atoms with van der Waals surface area (Å²) in [7, 11) is 1.68. The van der Waals surface area contributed by atoms with E-state index in [0.29, 0.717) is 17.6 Å². The van der Waals surface area contributed by atoms with Gasteiger partial charge in [-0.2, -0.15) is 0 Å². The van der Waals surface area contributed by atoms with Crippen LogP contribution in [0.15, 0.2) is 47.4 Å². The number of hydrogen-bond acceptors (Lipinski definition) is 6. The predicted octanol–water partition coefficient (Wildman–Crippen LogP) is 4.61. The number of nitrogens with one attached hydrogen (secondary N) is 1. The van der Waals surface area contributed by atoms with Crippen LogP contribution in [-0.4, -0.2) is 38.1 Å². The van der Waals surface area contributed by atoms with Gasteiger partial charge >= 0.3 is 5.97 Å². The van der Waals surface area contributed by atoms with E-state index >= 15 is 0 Å². The standard InChI is InChI=1S/C23H31NO4S/c1-5-20(15-24-14-18-7-9-19(26-4)10-8-18)29-21-11-12-22(17(3)13-21)28-16-23(25)27-6-2/h7-13,20,24H,5-6,14-16H2,1-4H3/t20-/m1/s1. The summed E-state index contributed by atoms with van der Waals surface area (Å²) in [6.45, 7) is 8.04. The van der Waals surface area contributed by atoms with Gasteiger partial charge in [0.05, 0.1) is 13.7 Å². The third-order valence-electron chi connectivity index (χ3n) is 4.42. The molecular weight excluding hydrogens is 386 g/mol. The van der Waals surface area contributed by atoms with E-state index in [-0.39, 0.29) is 12.6 Å². The first kappa shape index (κ1) is 23.1. The predicted molar refractivity (Wildman–Crippen MR) is 118 cm³/mol. The van der Waals surface area contributed by atoms with Crippen molar-refractivity contribution in [3.8, 4) is 11.5 Å². The molecule has 0 heterocycles. The summed E-state index contributed by atoms with van der Waals surface area (Å²) < 4.78 is 15.7. The van der Waals surface area contributed by atoms with Crippen molar-refractivity contribution in [2.75, 3.05) is 26.9 Å². The van der Waals surface area contributed by atoms with Crippen molar-refractivity contribution in [3.63, 3.8) is 0 Å². The van der Waals surface area contributed by atoms with Crippen LogP contribution in [0.5, 0.6) is 11.5 Å². The van der Waals surface area contributed by atoms with E-state index in [4.69, 9.17) is 14.2 Å². The average molecular weight is 418 g/mol. The number of ether oxygens (including phenoxy) is 3. The summed E-state index contributed by atoms with van der Waals surface area (Å²) in [5.74, 6) is 1.24. The minimum absolute atomic E-state index is 0.0615. The first-order valence-electron chi connectivity index (χ1n) is 9.95. The molecule has 0 spiro atoms. The molecule has 158 valence electrons. The Morgan fingerprint density at radius 1 is 1.14 bits per heavy atom. The van der Waals surface area contributed by atoms with Crippen molar-refractivity contribution in [2.45, 2.75) is 43.9 Å². The molecule has 29 heavy (non-hydrogen) atoms. The average Bonchev–Trinajstić information content (AvgIpc) is 2.73. The summed E-state index contributed by atoms with van der Waals surface area (Å²) in [6, 6.07) is 14.2. The smallest absolute Gasteiger partial charge is 0.344 e. The lowest BCUT2D eigenvalue weighted by Gasteiger charge is -2.17. The fourth-order valence-corrected chi connectivity index (χ4v) is 3.92. The summed E-state index contributed by atoms with van der Waals surface area (Å²) in [5.41, 5.74) is 2.25. The van der Waals surface area contributed by atoms with Crippen LogP contribution in [0, 0.1) is 6.92 Å². The first-order chi connectivity index (χ1) is 14.0. The quantitative estimate of drug-likeness (QED) is 0.402. The number of methoxy groups -OCH3 is 1. The van der Waals surface area contributed by atoms with Gasteiger partial charge in [-0.15, -0.1) is 11.8 Å². The van der Waals surface area contributed by atoms with Crippen molar-refractivity contribution < 1.29 is 19.0 Å². The van der Waals surface area contributed by atoms with Crippen LogP contribution < -0.4 is 14.8 Å². The Kier molecular flexibility index (Phi) is 9.88. The number of benzene rings is 2. The second-order valence-corrected chi connectivity index (χ2v) is 8.02. The molecular formula is C23H31NO4S. The van der Waals surface area contributed by atoms with Gasteiger partial charge in [0, 0.05) is 23.2 Å². The van der Waals surface area contributed by atoms with E-state index in [9.17, 15) is 4.79 Å². The second kappa shape index (κ2) is 12.4. The van der Waals surface area contributed by atoms with Crippen molar-refractivity contribution in [2.24, 2.45) is 0 Å². The lowest BCUT2D eigenvalue weighted by molar-refractivity contribution is -0.145. The fraction of sp³-hybridized carbons (Fsp3) is 0.435. The molecule has 0 aliphatic rings. The summed E-state index contributed by atoms with van der Waals surface area (Å²) in [6.07, 6.45) is 1.07. The molecule has 0 radical (unpaired) electrons. The molecule has 6 heteroatoms. The lowest BCUT2D eigenvalue weighted by atomic mass is 10.2. The van der Waals surface area contributed by atoms with E-state index in [1.165, 1.54) is 10.5 Å². The van der Waals surface area contributed by atoms with Gasteiger partial charge in [-0.1, -0.05) is 19.1 Å². The monoisotopic (exact) mass is 417 g/mol. The van der Waals surface area contributed by atoms with Crippen molar-refractivity contribution in [1.29, 1.82) is 0 Å². The molecule has 0 aromatic heterocycles. The minimum atomic E-state index is -0.348. The summed E-state index contributed by atoms with van der Waals surface area (Å²) in [4.78, 5) is 12.6. The molecule has 0 saturated carbocycles. The van der Waals surface area contributed by atoms with Crippen molar-refractivity contribution in [3.05, 3.63) is 53.6 Å². The molecule has 2 rings (SSSR count). The van der Waals surface area contributed by atoms with Crippen LogP contribution in [0.2, 0.25) is 0 Å². The zero-order valence-corrected chi connectivity index (χ0v) is 18.5. The number of hydrogen-bond donors (Lipinski definition) is 1. The molecule has 0 aliphatic carbocycles. The number of aryl methyl sites for hydroxylation is 1. The third kappa shape index (κ3) is 7.99. The van der Waals surface area contributed by atoms with Gasteiger partial charge in [-0.25, -0.2) is 4.79 Å². The molecule has 2 aromatic rings.